The van der Waals surface area contributed by atoms with E-state index in [-0.39, 0.29) is 11.8 Å². The Morgan fingerprint density at radius 3 is 2.25 bits per heavy atom. The van der Waals surface area contributed by atoms with Crippen LogP contribution in [0.5, 0.6) is 0 Å². The van der Waals surface area contributed by atoms with Crippen LogP contribution in [0.4, 0.5) is 15.8 Å². The molecular formula is C31H36FN5O3. The number of carbonyl (C=O) groups excluding carboxylic acids is 2. The number of halogens is 1. The van der Waals surface area contributed by atoms with Crippen molar-refractivity contribution < 1.29 is 18.7 Å². The van der Waals surface area contributed by atoms with Crippen molar-refractivity contribution in [3.8, 4) is 0 Å². The van der Waals surface area contributed by atoms with Crippen molar-refractivity contribution in [1.29, 1.82) is 0 Å². The summed E-state index contributed by atoms with van der Waals surface area (Å²) in [6.45, 7) is 8.68. The second kappa shape index (κ2) is 13.5. The van der Waals surface area contributed by atoms with Crippen molar-refractivity contribution in [3.05, 3.63) is 95.3 Å². The molecule has 2 N–H and O–H groups in total. The van der Waals surface area contributed by atoms with Gasteiger partial charge in [0.1, 0.15) is 5.82 Å². The Morgan fingerprint density at radius 2 is 1.52 bits per heavy atom. The van der Waals surface area contributed by atoms with Gasteiger partial charge in [0, 0.05) is 75.8 Å². The van der Waals surface area contributed by atoms with Crippen molar-refractivity contribution in [2.24, 2.45) is 0 Å². The summed E-state index contributed by atoms with van der Waals surface area (Å²) in [6.07, 6.45) is 0. The summed E-state index contributed by atoms with van der Waals surface area (Å²) in [5, 5.41) is 5.93. The number of nitrogens with zero attached hydrogens (tertiary/aromatic N) is 3. The van der Waals surface area contributed by atoms with Crippen LogP contribution in [0, 0.1) is 5.82 Å². The van der Waals surface area contributed by atoms with Gasteiger partial charge in [-0.3, -0.25) is 19.4 Å². The molecule has 9 heteroatoms. The Kier molecular flexibility index (Phi) is 9.38. The van der Waals surface area contributed by atoms with Gasteiger partial charge >= 0.3 is 0 Å². The lowest BCUT2D eigenvalue weighted by Crippen LogP contribution is -2.46. The molecule has 40 heavy (non-hydrogen) atoms. The van der Waals surface area contributed by atoms with E-state index in [1.807, 2.05) is 18.2 Å². The number of hydrogen-bond acceptors (Lipinski definition) is 6. The quantitative estimate of drug-likeness (QED) is 0.429. The second-order valence-electron chi connectivity index (χ2n) is 10.2. The molecule has 3 aromatic rings. The zero-order chi connectivity index (χ0) is 27.7. The Labute approximate surface area is 234 Å². The third-order valence-corrected chi connectivity index (χ3v) is 7.38. The van der Waals surface area contributed by atoms with Gasteiger partial charge in [-0.1, -0.05) is 30.3 Å². The van der Waals surface area contributed by atoms with Crippen molar-refractivity contribution in [2.75, 3.05) is 75.8 Å². The maximum atomic E-state index is 13.5. The molecule has 8 nitrogen and oxygen atoms in total. The summed E-state index contributed by atoms with van der Waals surface area (Å²) in [7, 11) is 0. The number of carbonyl (C=O) groups is 2. The number of nitrogens with one attached hydrogen (secondary N) is 2. The van der Waals surface area contributed by atoms with E-state index >= 15 is 0 Å². The molecule has 0 unspecified atom stereocenters. The molecule has 2 aliphatic rings. The lowest BCUT2D eigenvalue weighted by atomic mass is 10.1. The van der Waals surface area contributed by atoms with Gasteiger partial charge in [0.2, 0.25) is 0 Å². The third kappa shape index (κ3) is 7.44. The maximum absolute atomic E-state index is 13.5. The van der Waals surface area contributed by atoms with Crippen LogP contribution >= 0.6 is 0 Å². The Hall–Kier alpha value is -3.79. The van der Waals surface area contributed by atoms with Gasteiger partial charge in [0.05, 0.1) is 18.8 Å². The largest absolute Gasteiger partial charge is 0.379 e. The maximum Gasteiger partial charge on any atom is 0.255 e. The molecule has 0 bridgehead atoms. The molecular weight excluding hydrogens is 509 g/mol. The molecule has 0 atom stereocenters. The molecule has 2 amide bonds. The highest BCUT2D eigenvalue weighted by Gasteiger charge is 2.23. The fourth-order valence-corrected chi connectivity index (χ4v) is 5.11. The minimum Gasteiger partial charge on any atom is -0.379 e. The second-order valence-corrected chi connectivity index (χ2v) is 10.2. The molecule has 2 aliphatic heterocycles. The fourth-order valence-electron chi connectivity index (χ4n) is 5.11. The SMILES string of the molecule is O=C(Nc1ccc(N2CCN(Cc3ccccc3)CC2)c(C(=O)NCCN2CCOCC2)c1)c1ccc(F)cc1. The van der Waals surface area contributed by atoms with Crippen LogP contribution in [0.25, 0.3) is 0 Å². The first-order valence-electron chi connectivity index (χ1n) is 13.9. The number of rotatable bonds is 9. The number of hydrogen-bond donors (Lipinski definition) is 2. The smallest absolute Gasteiger partial charge is 0.255 e. The average molecular weight is 546 g/mol. The zero-order valence-electron chi connectivity index (χ0n) is 22.7. The van der Waals surface area contributed by atoms with Crippen LogP contribution in [-0.4, -0.2) is 87.2 Å². The molecule has 2 heterocycles. The molecule has 210 valence electrons. The Bertz CT molecular complexity index is 1270. The van der Waals surface area contributed by atoms with E-state index < -0.39 is 5.82 Å². The van der Waals surface area contributed by atoms with Crippen molar-refractivity contribution >= 4 is 23.2 Å². The van der Waals surface area contributed by atoms with E-state index in [0.717, 1.165) is 58.0 Å². The average Bonchev–Trinajstić information content (AvgIpc) is 2.99. The van der Waals surface area contributed by atoms with Crippen LogP contribution in [0.3, 0.4) is 0 Å². The van der Waals surface area contributed by atoms with Crippen molar-refractivity contribution in [2.45, 2.75) is 6.54 Å². The van der Waals surface area contributed by atoms with Crippen LogP contribution in [-0.2, 0) is 11.3 Å². The number of anilines is 2. The summed E-state index contributed by atoms with van der Waals surface area (Å²) in [4.78, 5) is 33.2. The predicted octanol–water partition coefficient (Wildman–Crippen LogP) is 3.46. The van der Waals surface area contributed by atoms with Crippen molar-refractivity contribution in [1.82, 2.24) is 15.1 Å². The number of benzene rings is 3. The summed E-state index contributed by atoms with van der Waals surface area (Å²) in [5.41, 5.74) is 3.52. The van der Waals surface area contributed by atoms with Gasteiger partial charge in [-0.2, -0.15) is 0 Å². The minimum absolute atomic E-state index is 0.173. The molecule has 0 aromatic heterocycles. The minimum atomic E-state index is -0.402. The zero-order valence-corrected chi connectivity index (χ0v) is 22.7. The Morgan fingerprint density at radius 1 is 0.800 bits per heavy atom. The molecule has 2 fully saturated rings. The van der Waals surface area contributed by atoms with E-state index in [2.05, 4.69) is 49.6 Å². The number of piperazine rings is 1. The first-order valence-corrected chi connectivity index (χ1v) is 13.9. The molecule has 0 spiro atoms. The highest BCUT2D eigenvalue weighted by molar-refractivity contribution is 6.06. The van der Waals surface area contributed by atoms with Gasteiger partial charge in [-0.25, -0.2) is 4.39 Å². The van der Waals surface area contributed by atoms with Gasteiger partial charge in [0.15, 0.2) is 0 Å². The summed E-state index contributed by atoms with van der Waals surface area (Å²) >= 11 is 0. The molecule has 5 rings (SSSR count). The molecule has 2 saturated heterocycles. The molecule has 3 aromatic carbocycles. The lowest BCUT2D eigenvalue weighted by Gasteiger charge is -2.37. The highest BCUT2D eigenvalue weighted by atomic mass is 19.1. The van der Waals surface area contributed by atoms with Crippen LogP contribution in [0.1, 0.15) is 26.3 Å². The van der Waals surface area contributed by atoms with Gasteiger partial charge in [-0.15, -0.1) is 0 Å². The summed E-state index contributed by atoms with van der Waals surface area (Å²) in [6, 6.07) is 21.3. The molecule has 0 saturated carbocycles. The number of amides is 2. The molecule has 0 aliphatic carbocycles. The third-order valence-electron chi connectivity index (χ3n) is 7.38. The van der Waals surface area contributed by atoms with E-state index in [1.54, 1.807) is 6.07 Å². The van der Waals surface area contributed by atoms with Gasteiger partial charge < -0.3 is 20.3 Å². The van der Waals surface area contributed by atoms with Crippen molar-refractivity contribution in [3.63, 3.8) is 0 Å². The van der Waals surface area contributed by atoms with E-state index in [9.17, 15) is 14.0 Å². The first kappa shape index (κ1) is 27.8. The van der Waals surface area contributed by atoms with Crippen LogP contribution in [0.2, 0.25) is 0 Å². The van der Waals surface area contributed by atoms with Gasteiger partial charge in [0.25, 0.3) is 11.8 Å². The van der Waals surface area contributed by atoms with E-state index in [4.69, 9.17) is 4.74 Å². The van der Waals surface area contributed by atoms with E-state index in [1.165, 1.54) is 29.8 Å². The predicted molar refractivity (Wildman–Crippen MR) is 154 cm³/mol. The summed E-state index contributed by atoms with van der Waals surface area (Å²) in [5.74, 6) is -0.936. The Balaban J connectivity index is 1.28. The van der Waals surface area contributed by atoms with Crippen LogP contribution in [0.15, 0.2) is 72.8 Å². The number of morpholine rings is 1. The van der Waals surface area contributed by atoms with E-state index in [0.29, 0.717) is 36.6 Å². The fraction of sp³-hybridized carbons (Fsp3) is 0.355. The van der Waals surface area contributed by atoms with Crippen LogP contribution < -0.4 is 15.5 Å². The first-order chi connectivity index (χ1) is 19.5. The topological polar surface area (TPSA) is 77.2 Å². The molecule has 0 radical (unpaired) electrons. The normalized spacial score (nSPS) is 16.5. The van der Waals surface area contributed by atoms with Gasteiger partial charge in [-0.05, 0) is 48.0 Å². The number of ether oxygens (including phenoxy) is 1. The summed E-state index contributed by atoms with van der Waals surface area (Å²) < 4.78 is 18.7. The lowest BCUT2D eigenvalue weighted by molar-refractivity contribution is 0.0383. The standard InChI is InChI=1S/C31H36FN5O3/c32-26-8-6-25(7-9-26)30(38)34-27-10-11-29(28(22-27)31(39)33-12-13-35-18-20-40-21-19-35)37-16-14-36(15-17-37)23-24-4-2-1-3-5-24/h1-11,22H,12-21,23H2,(H,33,39)(H,34,38). The monoisotopic (exact) mass is 545 g/mol. The highest BCUT2D eigenvalue weighted by Crippen LogP contribution is 2.26.